The largest absolute Gasteiger partial charge is 0.497 e. The van der Waals surface area contributed by atoms with E-state index >= 15 is 0 Å². The Labute approximate surface area is 244 Å². The van der Waals surface area contributed by atoms with Crippen molar-refractivity contribution >= 4 is 12.4 Å². The van der Waals surface area contributed by atoms with Gasteiger partial charge in [-0.25, -0.2) is 0 Å². The lowest BCUT2D eigenvalue weighted by Gasteiger charge is -2.26. The van der Waals surface area contributed by atoms with Crippen LogP contribution in [0.1, 0.15) is 35.4 Å². The molecule has 5 nitrogen and oxygen atoms in total. The van der Waals surface area contributed by atoms with Crippen molar-refractivity contribution in [3.63, 3.8) is 0 Å². The molecule has 0 saturated carbocycles. The second kappa shape index (κ2) is 16.6. The molecule has 0 radical (unpaired) electrons. The number of ether oxygens (including phenoxy) is 3. The summed E-state index contributed by atoms with van der Waals surface area (Å²) >= 11 is 0. The quantitative estimate of drug-likeness (QED) is 0.170. The van der Waals surface area contributed by atoms with Gasteiger partial charge in [0.05, 0.1) is 14.2 Å². The van der Waals surface area contributed by atoms with Gasteiger partial charge in [0, 0.05) is 19.0 Å². The van der Waals surface area contributed by atoms with Crippen LogP contribution in [0.5, 0.6) is 17.2 Å². The molecule has 0 amide bonds. The third-order valence-corrected chi connectivity index (χ3v) is 6.91. The third kappa shape index (κ3) is 9.60. The van der Waals surface area contributed by atoms with Gasteiger partial charge < -0.3 is 19.3 Å². The highest BCUT2D eigenvalue weighted by Crippen LogP contribution is 2.32. The summed E-state index contributed by atoms with van der Waals surface area (Å²) in [5, 5.41) is 10.8. The number of halogens is 1. The van der Waals surface area contributed by atoms with E-state index in [1.165, 1.54) is 16.7 Å². The number of rotatable bonds is 15. The fourth-order valence-corrected chi connectivity index (χ4v) is 4.85. The highest BCUT2D eigenvalue weighted by Gasteiger charge is 2.18. The maximum Gasteiger partial charge on any atom is 0.119 e. The van der Waals surface area contributed by atoms with Crippen LogP contribution in [-0.4, -0.2) is 50.0 Å². The predicted octanol–water partition coefficient (Wildman–Crippen LogP) is 6.98. The zero-order valence-electron chi connectivity index (χ0n) is 23.3. The minimum absolute atomic E-state index is 0. The smallest absolute Gasteiger partial charge is 0.119 e. The minimum Gasteiger partial charge on any atom is -0.497 e. The average Bonchev–Trinajstić information content (AvgIpc) is 2.99. The SMILES string of the molecule is COc1ccc(C(CCCN(Cc2ccccc2)C[C@H](O)COc2ccccc2)c2ccc(OC)cc2)cc1.Cl. The second-order valence-electron chi connectivity index (χ2n) is 9.74. The Morgan fingerprint density at radius 1 is 0.675 bits per heavy atom. The zero-order valence-corrected chi connectivity index (χ0v) is 24.1. The van der Waals surface area contributed by atoms with Crippen molar-refractivity contribution in [3.8, 4) is 17.2 Å². The number of hydrogen-bond acceptors (Lipinski definition) is 5. The van der Waals surface area contributed by atoms with Gasteiger partial charge in [0.2, 0.25) is 0 Å². The van der Waals surface area contributed by atoms with Gasteiger partial charge in [0.25, 0.3) is 0 Å². The Bertz CT molecular complexity index is 1170. The molecule has 0 bridgehead atoms. The number of hydrogen-bond donors (Lipinski definition) is 1. The van der Waals surface area contributed by atoms with E-state index < -0.39 is 6.10 Å². The fourth-order valence-electron chi connectivity index (χ4n) is 4.85. The molecule has 1 atom stereocenters. The molecule has 4 aromatic rings. The van der Waals surface area contributed by atoms with E-state index in [-0.39, 0.29) is 24.9 Å². The van der Waals surface area contributed by atoms with Crippen molar-refractivity contribution in [2.75, 3.05) is 33.9 Å². The number of para-hydroxylation sites is 1. The van der Waals surface area contributed by atoms with E-state index in [9.17, 15) is 5.11 Å². The van der Waals surface area contributed by atoms with Crippen molar-refractivity contribution in [1.29, 1.82) is 0 Å². The molecule has 0 fully saturated rings. The molecule has 0 aliphatic heterocycles. The Balaban J connectivity index is 0.00000441. The van der Waals surface area contributed by atoms with Crippen LogP contribution >= 0.6 is 12.4 Å². The molecule has 0 heterocycles. The van der Waals surface area contributed by atoms with Crippen LogP contribution in [0.4, 0.5) is 0 Å². The van der Waals surface area contributed by atoms with E-state index in [1.54, 1.807) is 14.2 Å². The van der Waals surface area contributed by atoms with Gasteiger partial charge in [-0.3, -0.25) is 4.90 Å². The number of benzene rings is 4. The van der Waals surface area contributed by atoms with E-state index in [2.05, 4.69) is 53.4 Å². The molecule has 0 aromatic heterocycles. The molecule has 40 heavy (non-hydrogen) atoms. The van der Waals surface area contributed by atoms with Crippen LogP contribution in [-0.2, 0) is 6.54 Å². The summed E-state index contributed by atoms with van der Waals surface area (Å²) in [5.41, 5.74) is 3.74. The Morgan fingerprint density at radius 3 is 1.73 bits per heavy atom. The summed E-state index contributed by atoms with van der Waals surface area (Å²) in [6.45, 7) is 2.44. The van der Waals surface area contributed by atoms with Crippen molar-refractivity contribution in [2.24, 2.45) is 0 Å². The number of aliphatic hydroxyl groups excluding tert-OH is 1. The molecule has 6 heteroatoms. The van der Waals surface area contributed by atoms with Crippen LogP contribution in [0, 0.1) is 0 Å². The normalized spacial score (nSPS) is 11.6. The van der Waals surface area contributed by atoms with Gasteiger partial charge >= 0.3 is 0 Å². The first-order chi connectivity index (χ1) is 19.1. The van der Waals surface area contributed by atoms with Crippen LogP contribution in [0.15, 0.2) is 109 Å². The van der Waals surface area contributed by atoms with Gasteiger partial charge in [-0.2, -0.15) is 0 Å². The maximum atomic E-state index is 10.8. The molecule has 0 saturated heterocycles. The van der Waals surface area contributed by atoms with Crippen LogP contribution in [0.25, 0.3) is 0 Å². The van der Waals surface area contributed by atoms with Crippen LogP contribution < -0.4 is 14.2 Å². The lowest BCUT2D eigenvalue weighted by Crippen LogP contribution is -2.36. The van der Waals surface area contributed by atoms with Crippen molar-refractivity contribution in [3.05, 3.63) is 126 Å². The predicted molar refractivity (Wildman–Crippen MR) is 164 cm³/mol. The highest BCUT2D eigenvalue weighted by atomic mass is 35.5. The lowest BCUT2D eigenvalue weighted by atomic mass is 9.87. The minimum atomic E-state index is -0.590. The van der Waals surface area contributed by atoms with Crippen molar-refractivity contribution in [2.45, 2.75) is 31.4 Å². The summed E-state index contributed by atoms with van der Waals surface area (Å²) in [6.07, 6.45) is 1.36. The first kappa shape index (κ1) is 31.0. The number of aliphatic hydroxyl groups is 1. The number of methoxy groups -OCH3 is 2. The molecule has 4 aromatic carbocycles. The molecule has 1 N–H and O–H groups in total. The second-order valence-corrected chi connectivity index (χ2v) is 9.74. The Hall–Kier alpha value is -3.51. The molecule has 0 unspecified atom stereocenters. The molecule has 0 aliphatic rings. The Kier molecular flexibility index (Phi) is 12.8. The summed E-state index contributed by atoms with van der Waals surface area (Å²) in [6, 6.07) is 36.8. The van der Waals surface area contributed by atoms with E-state index in [0.717, 1.165) is 43.2 Å². The maximum absolute atomic E-state index is 10.8. The highest BCUT2D eigenvalue weighted by molar-refractivity contribution is 5.85. The lowest BCUT2D eigenvalue weighted by molar-refractivity contribution is 0.0648. The molecular formula is C34H40ClNO4. The average molecular weight is 562 g/mol. The molecule has 212 valence electrons. The first-order valence-electron chi connectivity index (χ1n) is 13.5. The standard InChI is InChI=1S/C34H39NO4.ClH/c1-37-31-19-15-28(16-20-31)34(29-17-21-32(38-2)22-18-29)14-9-23-35(24-27-10-5-3-6-11-27)25-30(36)26-39-33-12-7-4-8-13-33;/h3-8,10-13,15-22,30,34,36H,9,14,23-26H2,1-2H3;1H/t30-;/m0./s1. The van der Waals surface area contributed by atoms with E-state index in [4.69, 9.17) is 14.2 Å². The molecular weight excluding hydrogens is 522 g/mol. The van der Waals surface area contributed by atoms with E-state index in [1.807, 2.05) is 60.7 Å². The van der Waals surface area contributed by atoms with Crippen LogP contribution in [0.2, 0.25) is 0 Å². The summed E-state index contributed by atoms with van der Waals surface area (Å²) in [7, 11) is 3.38. The first-order valence-corrected chi connectivity index (χ1v) is 13.5. The third-order valence-electron chi connectivity index (χ3n) is 6.91. The van der Waals surface area contributed by atoms with Crippen molar-refractivity contribution < 1.29 is 19.3 Å². The monoisotopic (exact) mass is 561 g/mol. The van der Waals surface area contributed by atoms with Gasteiger partial charge in [-0.05, 0) is 72.5 Å². The Morgan fingerprint density at radius 2 is 1.20 bits per heavy atom. The topological polar surface area (TPSA) is 51.2 Å². The zero-order chi connectivity index (χ0) is 27.3. The summed E-state index contributed by atoms with van der Waals surface area (Å²) in [5.74, 6) is 2.72. The van der Waals surface area contributed by atoms with Gasteiger partial charge in [0.15, 0.2) is 0 Å². The summed E-state index contributed by atoms with van der Waals surface area (Å²) < 4.78 is 16.6. The molecule has 4 rings (SSSR count). The van der Waals surface area contributed by atoms with Gasteiger partial charge in [0.1, 0.15) is 30.0 Å². The van der Waals surface area contributed by atoms with E-state index in [0.29, 0.717) is 6.54 Å². The van der Waals surface area contributed by atoms with Crippen molar-refractivity contribution in [1.82, 2.24) is 4.90 Å². The fraction of sp³-hybridized carbons (Fsp3) is 0.294. The van der Waals surface area contributed by atoms with Gasteiger partial charge in [-0.1, -0.05) is 72.8 Å². The molecule has 0 spiro atoms. The molecule has 0 aliphatic carbocycles. The number of nitrogens with zero attached hydrogens (tertiary/aromatic N) is 1. The van der Waals surface area contributed by atoms with Crippen LogP contribution in [0.3, 0.4) is 0 Å². The summed E-state index contributed by atoms with van der Waals surface area (Å²) in [4.78, 5) is 2.33. The van der Waals surface area contributed by atoms with Gasteiger partial charge in [-0.15, -0.1) is 12.4 Å².